The fourth-order valence-electron chi connectivity index (χ4n) is 5.14. The van der Waals surface area contributed by atoms with Gasteiger partial charge in [-0.25, -0.2) is 0 Å². The van der Waals surface area contributed by atoms with Crippen molar-refractivity contribution in [2.24, 2.45) is 0 Å². The summed E-state index contributed by atoms with van der Waals surface area (Å²) >= 11 is 0. The van der Waals surface area contributed by atoms with Crippen molar-refractivity contribution in [3.8, 4) is 5.75 Å². The molecule has 0 unspecified atom stereocenters. The molecular formula is C28H38N4O3. The molecule has 7 nitrogen and oxygen atoms in total. The SMILES string of the molecule is COc1ccc(C(=O)N[C@@H](C(=O)N2CCC(N3CCN(C(C)C)CC3)CC2)c2ccccc2)cc1. The van der Waals surface area contributed by atoms with Gasteiger partial charge in [0.15, 0.2) is 0 Å². The second kappa shape index (κ2) is 11.7. The van der Waals surface area contributed by atoms with E-state index in [2.05, 4.69) is 29.0 Å². The third kappa shape index (κ3) is 6.21. The highest BCUT2D eigenvalue weighted by Gasteiger charge is 2.33. The number of benzene rings is 2. The van der Waals surface area contributed by atoms with Crippen LogP contribution in [0, 0.1) is 0 Å². The number of hydrogen-bond donors (Lipinski definition) is 1. The lowest BCUT2D eigenvalue weighted by Gasteiger charge is -2.44. The van der Waals surface area contributed by atoms with Crippen LogP contribution >= 0.6 is 0 Å². The van der Waals surface area contributed by atoms with Crippen molar-refractivity contribution in [2.45, 2.75) is 44.8 Å². The number of rotatable bonds is 7. The molecule has 0 spiro atoms. The first-order valence-corrected chi connectivity index (χ1v) is 12.7. The average molecular weight is 479 g/mol. The monoisotopic (exact) mass is 478 g/mol. The van der Waals surface area contributed by atoms with Crippen LogP contribution in [0.5, 0.6) is 5.75 Å². The molecule has 4 rings (SSSR count). The lowest BCUT2D eigenvalue weighted by atomic mass is 9.99. The van der Waals surface area contributed by atoms with Crippen LogP contribution in [0.15, 0.2) is 54.6 Å². The first-order chi connectivity index (χ1) is 17.0. The maximum absolute atomic E-state index is 13.6. The van der Waals surface area contributed by atoms with Crippen LogP contribution in [0.4, 0.5) is 0 Å². The number of carbonyl (C=O) groups is 2. The number of hydrogen-bond acceptors (Lipinski definition) is 5. The van der Waals surface area contributed by atoms with Gasteiger partial charge in [-0.1, -0.05) is 30.3 Å². The number of piperidine rings is 1. The summed E-state index contributed by atoms with van der Waals surface area (Å²) in [6.07, 6.45) is 1.95. The molecule has 2 aliphatic rings. The number of carbonyl (C=O) groups excluding carboxylic acids is 2. The van der Waals surface area contributed by atoms with E-state index in [1.807, 2.05) is 35.2 Å². The van der Waals surface area contributed by atoms with Crippen LogP contribution in [0.3, 0.4) is 0 Å². The molecule has 2 heterocycles. The Morgan fingerprint density at radius 3 is 2.09 bits per heavy atom. The van der Waals surface area contributed by atoms with Crippen LogP contribution in [0.1, 0.15) is 48.7 Å². The Bertz CT molecular complexity index is 963. The van der Waals surface area contributed by atoms with Crippen molar-refractivity contribution in [3.63, 3.8) is 0 Å². The lowest BCUT2D eigenvalue weighted by molar-refractivity contribution is -0.135. The van der Waals surface area contributed by atoms with Crippen molar-refractivity contribution < 1.29 is 14.3 Å². The highest BCUT2D eigenvalue weighted by Crippen LogP contribution is 2.23. The largest absolute Gasteiger partial charge is 0.497 e. The maximum atomic E-state index is 13.6. The van der Waals surface area contributed by atoms with E-state index in [0.29, 0.717) is 23.4 Å². The molecule has 2 aromatic carbocycles. The van der Waals surface area contributed by atoms with Crippen molar-refractivity contribution in [1.29, 1.82) is 0 Å². The summed E-state index contributed by atoms with van der Waals surface area (Å²) in [5.74, 6) is 0.375. The van der Waals surface area contributed by atoms with E-state index >= 15 is 0 Å². The number of nitrogens with zero attached hydrogens (tertiary/aromatic N) is 3. The van der Waals surface area contributed by atoms with Gasteiger partial charge in [0.25, 0.3) is 5.91 Å². The summed E-state index contributed by atoms with van der Waals surface area (Å²) in [4.78, 5) is 33.7. The predicted octanol–water partition coefficient (Wildman–Crippen LogP) is 3.18. The van der Waals surface area contributed by atoms with Crippen molar-refractivity contribution in [2.75, 3.05) is 46.4 Å². The highest BCUT2D eigenvalue weighted by molar-refractivity contribution is 5.98. The normalized spacial score (nSPS) is 18.9. The van der Waals surface area contributed by atoms with E-state index in [4.69, 9.17) is 4.74 Å². The van der Waals surface area contributed by atoms with E-state index in [-0.39, 0.29) is 11.8 Å². The molecule has 35 heavy (non-hydrogen) atoms. The third-order valence-corrected chi connectivity index (χ3v) is 7.38. The molecule has 0 radical (unpaired) electrons. The highest BCUT2D eigenvalue weighted by atomic mass is 16.5. The van der Waals surface area contributed by atoms with Gasteiger partial charge in [-0.05, 0) is 56.5 Å². The van der Waals surface area contributed by atoms with Crippen LogP contribution in [0.25, 0.3) is 0 Å². The van der Waals surface area contributed by atoms with Gasteiger partial charge in [0.05, 0.1) is 7.11 Å². The fraction of sp³-hybridized carbons (Fsp3) is 0.500. The predicted molar refractivity (Wildman–Crippen MR) is 138 cm³/mol. The van der Waals surface area contributed by atoms with Crippen molar-refractivity contribution in [1.82, 2.24) is 20.0 Å². The smallest absolute Gasteiger partial charge is 0.252 e. The Morgan fingerprint density at radius 1 is 0.886 bits per heavy atom. The molecule has 2 fully saturated rings. The molecule has 188 valence electrons. The number of nitrogens with one attached hydrogen (secondary N) is 1. The summed E-state index contributed by atoms with van der Waals surface area (Å²) in [6.45, 7) is 10.4. The van der Waals surface area contributed by atoms with Crippen LogP contribution < -0.4 is 10.1 Å². The standard InChI is InChI=1S/C28H38N4O3/c1-21(2)30-17-19-31(20-18-30)24-13-15-32(16-14-24)28(34)26(22-7-5-4-6-8-22)29-27(33)23-9-11-25(35-3)12-10-23/h4-12,21,24,26H,13-20H2,1-3H3,(H,29,33)/t26-/m1/s1. The number of ether oxygens (including phenoxy) is 1. The minimum atomic E-state index is -0.711. The molecule has 0 aliphatic carbocycles. The Morgan fingerprint density at radius 2 is 1.51 bits per heavy atom. The van der Waals surface area contributed by atoms with Gasteiger partial charge >= 0.3 is 0 Å². The summed E-state index contributed by atoms with van der Waals surface area (Å²) in [5.41, 5.74) is 1.30. The van der Waals surface area contributed by atoms with Gasteiger partial charge in [0, 0.05) is 56.9 Å². The molecule has 0 aromatic heterocycles. The second-order valence-corrected chi connectivity index (χ2v) is 9.77. The quantitative estimate of drug-likeness (QED) is 0.662. The number of amides is 2. The number of piperazine rings is 1. The molecule has 2 aromatic rings. The van der Waals surface area contributed by atoms with E-state index in [0.717, 1.165) is 57.7 Å². The Hall–Kier alpha value is -2.90. The first kappa shape index (κ1) is 25.2. The number of methoxy groups -OCH3 is 1. The molecule has 1 N–H and O–H groups in total. The van der Waals surface area contributed by atoms with Crippen LogP contribution in [-0.2, 0) is 4.79 Å². The topological polar surface area (TPSA) is 65.1 Å². The van der Waals surface area contributed by atoms with Crippen molar-refractivity contribution in [3.05, 3.63) is 65.7 Å². The van der Waals surface area contributed by atoms with E-state index in [1.54, 1.807) is 31.4 Å². The third-order valence-electron chi connectivity index (χ3n) is 7.38. The zero-order valence-electron chi connectivity index (χ0n) is 21.2. The van der Waals surface area contributed by atoms with E-state index in [9.17, 15) is 9.59 Å². The summed E-state index contributed by atoms with van der Waals surface area (Å²) in [6, 6.07) is 16.9. The Balaban J connectivity index is 1.39. The summed E-state index contributed by atoms with van der Waals surface area (Å²) in [5, 5.41) is 2.99. The summed E-state index contributed by atoms with van der Waals surface area (Å²) in [7, 11) is 1.59. The minimum Gasteiger partial charge on any atom is -0.497 e. The molecule has 7 heteroatoms. The van der Waals surface area contributed by atoms with Gasteiger partial charge < -0.3 is 15.0 Å². The molecule has 2 aliphatic heterocycles. The first-order valence-electron chi connectivity index (χ1n) is 12.7. The van der Waals surface area contributed by atoms with Gasteiger partial charge in [-0.2, -0.15) is 0 Å². The fourth-order valence-corrected chi connectivity index (χ4v) is 5.14. The molecular weight excluding hydrogens is 440 g/mol. The second-order valence-electron chi connectivity index (χ2n) is 9.77. The van der Waals surface area contributed by atoms with Crippen LogP contribution in [0.2, 0.25) is 0 Å². The van der Waals surface area contributed by atoms with Gasteiger partial charge in [-0.3, -0.25) is 19.4 Å². The Labute approximate surface area is 209 Å². The van der Waals surface area contributed by atoms with Gasteiger partial charge in [0.2, 0.25) is 5.91 Å². The maximum Gasteiger partial charge on any atom is 0.252 e. The van der Waals surface area contributed by atoms with Crippen molar-refractivity contribution >= 4 is 11.8 Å². The average Bonchev–Trinajstić information content (AvgIpc) is 2.92. The Kier molecular flexibility index (Phi) is 8.42. The lowest BCUT2D eigenvalue weighted by Crippen LogP contribution is -2.55. The molecule has 2 amide bonds. The van der Waals surface area contributed by atoms with E-state index in [1.165, 1.54) is 0 Å². The number of likely N-dealkylation sites (tertiary alicyclic amines) is 1. The van der Waals surface area contributed by atoms with Gasteiger partial charge in [0.1, 0.15) is 11.8 Å². The molecule has 2 saturated heterocycles. The molecule has 0 saturated carbocycles. The zero-order chi connectivity index (χ0) is 24.8. The van der Waals surface area contributed by atoms with Gasteiger partial charge in [-0.15, -0.1) is 0 Å². The minimum absolute atomic E-state index is 0.0406. The van der Waals surface area contributed by atoms with Crippen LogP contribution in [-0.4, -0.2) is 85.0 Å². The molecule has 0 bridgehead atoms. The van der Waals surface area contributed by atoms with E-state index < -0.39 is 6.04 Å². The molecule has 1 atom stereocenters. The summed E-state index contributed by atoms with van der Waals surface area (Å²) < 4.78 is 5.19. The zero-order valence-corrected chi connectivity index (χ0v) is 21.2.